The molecule has 0 aliphatic carbocycles. The van der Waals surface area contributed by atoms with Crippen molar-refractivity contribution in [2.45, 2.75) is 181 Å². The van der Waals surface area contributed by atoms with Gasteiger partial charge in [0.15, 0.2) is 5.96 Å². The molecule has 10 amide bonds. The van der Waals surface area contributed by atoms with Crippen LogP contribution in [-0.2, 0) is 54.4 Å². The first-order valence-electron chi connectivity index (χ1n) is 27.1. The number of carbonyl (C=O) groups is 10. The number of halogens is 1. The van der Waals surface area contributed by atoms with Crippen LogP contribution >= 0.6 is 0 Å². The van der Waals surface area contributed by atoms with Crippen molar-refractivity contribution in [2.24, 2.45) is 34.2 Å². The molecule has 2 rings (SSSR count). The van der Waals surface area contributed by atoms with Gasteiger partial charge in [0.2, 0.25) is 59.1 Å². The first kappa shape index (κ1) is 67.2. The lowest BCUT2D eigenvalue weighted by atomic mass is 9.95. The van der Waals surface area contributed by atoms with Crippen molar-refractivity contribution in [1.29, 1.82) is 0 Å². The van der Waals surface area contributed by atoms with Gasteiger partial charge in [0.05, 0.1) is 12.6 Å². The van der Waals surface area contributed by atoms with Gasteiger partial charge in [0.25, 0.3) is 0 Å². The molecule has 1 aromatic carbocycles. The zero-order chi connectivity index (χ0) is 59.0. The number of amides is 10. The molecule has 13 N–H and O–H groups in total. The number of aliphatic imine (C=N–C) groups is 1. The van der Waals surface area contributed by atoms with Gasteiger partial charge < -0.3 is 68.9 Å². The first-order valence-corrected chi connectivity index (χ1v) is 27.1. The Morgan fingerprint density at radius 2 is 1.22 bits per heavy atom. The predicted octanol–water partition coefficient (Wildman–Crippen LogP) is -0.650. The number of aliphatic hydroxyl groups excluding tert-OH is 1. The van der Waals surface area contributed by atoms with Gasteiger partial charge in [-0.15, -0.1) is 0 Å². The molecule has 0 bridgehead atoms. The van der Waals surface area contributed by atoms with Crippen molar-refractivity contribution in [2.75, 3.05) is 33.2 Å². The molecule has 25 heteroatoms. The van der Waals surface area contributed by atoms with Gasteiger partial charge in [-0.3, -0.25) is 52.9 Å². The fourth-order valence-corrected chi connectivity index (χ4v) is 8.61. The maximum atomic E-state index is 14.2. The van der Waals surface area contributed by atoms with Gasteiger partial charge in [-0.1, -0.05) is 79.9 Å². The monoisotopic (exact) mass is 1100 g/mol. The van der Waals surface area contributed by atoms with E-state index in [9.17, 15) is 57.4 Å². The Labute approximate surface area is 458 Å². The molecule has 11 atom stereocenters. The number of carbonyl (C=O) groups excluding carboxylic acids is 10. The highest BCUT2D eigenvalue weighted by atomic mass is 19.1. The van der Waals surface area contributed by atoms with Crippen molar-refractivity contribution in [1.82, 2.24) is 52.3 Å². The van der Waals surface area contributed by atoms with Crippen LogP contribution in [0.25, 0.3) is 0 Å². The summed E-state index contributed by atoms with van der Waals surface area (Å²) in [6.07, 6.45) is 0.923. The lowest BCUT2D eigenvalue weighted by Crippen LogP contribution is -2.63. The quantitative estimate of drug-likeness (QED) is 0.0243. The topological polar surface area (TPSA) is 358 Å². The average Bonchev–Trinajstić information content (AvgIpc) is 3.89. The van der Waals surface area contributed by atoms with Crippen LogP contribution in [-0.4, -0.2) is 168 Å². The SMILES string of the molecule is CCC[C@H](NC(=O)[C@@H](NC(=O)[C@H](NC(=O)[C@@H](NC(=O)[C@H](Cc1ccc(F)cc1)NC(=O)CN(C)C(C)=O)C(C)C)[C@H](C)CC)[C@@H](C)O)C(=O)N[C@H](C(=O)N[C@@H](CCCN=C(N)N)C(=O)N1CCC[C@H]1C(=O)NCC)[C@@H](C)CC. The number of hydrogen-bond donors (Lipinski definition) is 11. The summed E-state index contributed by atoms with van der Waals surface area (Å²) in [6, 6.07) is -4.68. The normalized spacial score (nSPS) is 16.9. The number of guanidine groups is 1. The summed E-state index contributed by atoms with van der Waals surface area (Å²) >= 11 is 0. The molecule has 0 aromatic heterocycles. The third kappa shape index (κ3) is 21.5. The van der Waals surface area contributed by atoms with Gasteiger partial charge in [-0.2, -0.15) is 0 Å². The molecule has 0 radical (unpaired) electrons. The van der Waals surface area contributed by atoms with E-state index >= 15 is 0 Å². The number of nitrogens with two attached hydrogens (primary N) is 2. The lowest BCUT2D eigenvalue weighted by Gasteiger charge is -2.32. The Bertz CT molecular complexity index is 2230. The van der Waals surface area contributed by atoms with Gasteiger partial charge in [0, 0.05) is 40.0 Å². The van der Waals surface area contributed by atoms with E-state index < -0.39 is 131 Å². The zero-order valence-electron chi connectivity index (χ0n) is 47.3. The third-order valence-electron chi connectivity index (χ3n) is 13.8. The van der Waals surface area contributed by atoms with E-state index in [0.717, 1.165) is 4.90 Å². The highest BCUT2D eigenvalue weighted by Crippen LogP contribution is 2.21. The van der Waals surface area contributed by atoms with E-state index in [2.05, 4.69) is 47.5 Å². The van der Waals surface area contributed by atoms with Crippen molar-refractivity contribution < 1.29 is 57.4 Å². The maximum Gasteiger partial charge on any atom is 0.245 e. The second-order valence-corrected chi connectivity index (χ2v) is 20.5. The minimum absolute atomic E-state index is 0.0622. The largest absolute Gasteiger partial charge is 0.391 e. The van der Waals surface area contributed by atoms with E-state index in [-0.39, 0.29) is 50.6 Å². The molecule has 0 spiro atoms. The minimum Gasteiger partial charge on any atom is -0.391 e. The molecule has 0 saturated carbocycles. The fraction of sp³-hybridized carbons (Fsp3) is 0.679. The summed E-state index contributed by atoms with van der Waals surface area (Å²) in [5.74, 6) is -9.06. The van der Waals surface area contributed by atoms with Crippen LogP contribution < -0.4 is 54.0 Å². The Morgan fingerprint density at radius 1 is 0.705 bits per heavy atom. The van der Waals surface area contributed by atoms with E-state index in [1.807, 2.05) is 0 Å². The molecule has 78 heavy (non-hydrogen) atoms. The van der Waals surface area contributed by atoms with Crippen LogP contribution in [0.4, 0.5) is 4.39 Å². The van der Waals surface area contributed by atoms with Gasteiger partial charge in [-0.25, -0.2) is 4.39 Å². The number of likely N-dealkylation sites (tertiary alicyclic amines) is 1. The number of benzene rings is 1. The molecule has 1 aliphatic rings. The number of hydrogen-bond acceptors (Lipinski definition) is 12. The average molecular weight is 1100 g/mol. The Morgan fingerprint density at radius 3 is 1.74 bits per heavy atom. The van der Waals surface area contributed by atoms with Crippen molar-refractivity contribution in [3.63, 3.8) is 0 Å². The van der Waals surface area contributed by atoms with Crippen molar-refractivity contribution in [3.8, 4) is 0 Å². The van der Waals surface area contributed by atoms with E-state index in [0.29, 0.717) is 50.8 Å². The summed E-state index contributed by atoms with van der Waals surface area (Å²) in [6.45, 7) is 16.7. The van der Waals surface area contributed by atoms with Crippen LogP contribution in [0.3, 0.4) is 0 Å². The number of nitrogens with one attached hydrogen (secondary N) is 8. The van der Waals surface area contributed by atoms with Gasteiger partial charge in [-0.05, 0) is 81.4 Å². The summed E-state index contributed by atoms with van der Waals surface area (Å²) in [4.78, 5) is 143. The minimum atomic E-state index is -1.67. The van der Waals surface area contributed by atoms with Crippen molar-refractivity contribution in [3.05, 3.63) is 35.6 Å². The third-order valence-corrected chi connectivity index (χ3v) is 13.8. The number of nitrogens with zero attached hydrogens (tertiary/aromatic N) is 3. The first-order chi connectivity index (χ1) is 36.7. The molecule has 24 nitrogen and oxygen atoms in total. The second-order valence-electron chi connectivity index (χ2n) is 20.5. The van der Waals surface area contributed by atoms with Crippen LogP contribution in [0.2, 0.25) is 0 Å². The van der Waals surface area contributed by atoms with E-state index in [1.54, 1.807) is 55.4 Å². The zero-order valence-corrected chi connectivity index (χ0v) is 47.3. The highest BCUT2D eigenvalue weighted by Gasteiger charge is 2.40. The molecule has 1 heterocycles. The van der Waals surface area contributed by atoms with Crippen molar-refractivity contribution >= 4 is 65.0 Å². The molecule has 1 aromatic rings. The lowest BCUT2D eigenvalue weighted by molar-refractivity contribution is -0.142. The number of aliphatic hydroxyl groups is 1. The molecule has 438 valence electrons. The smallest absolute Gasteiger partial charge is 0.245 e. The summed E-state index contributed by atoms with van der Waals surface area (Å²) in [7, 11) is 1.40. The van der Waals surface area contributed by atoms with Gasteiger partial charge in [0.1, 0.15) is 54.2 Å². The van der Waals surface area contributed by atoms with Crippen LogP contribution in [0.5, 0.6) is 0 Å². The predicted molar refractivity (Wildman–Crippen MR) is 291 cm³/mol. The summed E-state index contributed by atoms with van der Waals surface area (Å²) in [5.41, 5.74) is 11.5. The van der Waals surface area contributed by atoms with Crippen LogP contribution in [0.15, 0.2) is 29.3 Å². The standard InChI is InChI=1S/C53H88FN13O11/c1-12-18-36(45(71)63-42(30(7)13-2)49(75)61-37(19-16-25-58-53(55)56)52(78)67-26-17-20-39(67)47(73)57-15-4)60-51(77)44(32(9)68)65-50(76)43(31(8)14-3)64-48(74)41(29(5)6)62-46(72)38(27-34-21-23-35(54)24-22-34)59-40(70)28-66(11)33(10)69/h21-24,29-32,36-39,41-44,68H,12-20,25-28H2,1-11H3,(H,57,73)(H,59,70)(H,60,77)(H,61,75)(H,62,72)(H,63,71)(H,64,74)(H,65,76)(H4,55,56,58)/t30-,31+,32+,36-,37-,38-,39-,41-,42-,43+,44-/m0/s1. The molecule has 1 saturated heterocycles. The molecule has 1 aliphatic heterocycles. The van der Waals surface area contributed by atoms with Gasteiger partial charge >= 0.3 is 0 Å². The molecular formula is C53H88FN13O11. The van der Waals surface area contributed by atoms with E-state index in [4.69, 9.17) is 11.5 Å². The summed E-state index contributed by atoms with van der Waals surface area (Å²) < 4.78 is 13.8. The number of likely N-dealkylation sites (N-methyl/N-ethyl adjacent to an activating group) is 2. The molecule has 0 unspecified atom stereocenters. The molecular weight excluding hydrogens is 1010 g/mol. The Hall–Kier alpha value is -6.92. The van der Waals surface area contributed by atoms with Crippen LogP contribution in [0, 0.1) is 23.6 Å². The Kier molecular flexibility index (Phi) is 28.8. The Balaban J connectivity index is 2.36. The highest BCUT2D eigenvalue weighted by molar-refractivity contribution is 5.98. The maximum absolute atomic E-state index is 14.2. The molecule has 1 fully saturated rings. The fourth-order valence-electron chi connectivity index (χ4n) is 8.61. The number of rotatable bonds is 32. The second kappa shape index (κ2) is 33.4. The van der Waals surface area contributed by atoms with Crippen LogP contribution in [0.1, 0.15) is 126 Å². The van der Waals surface area contributed by atoms with E-state index in [1.165, 1.54) is 50.1 Å². The summed E-state index contributed by atoms with van der Waals surface area (Å²) in [5, 5.41) is 32.4.